The van der Waals surface area contributed by atoms with Gasteiger partial charge in [0.15, 0.2) is 0 Å². The maximum atomic E-state index is 14.6. The molecule has 6 rings (SSSR count). The summed E-state index contributed by atoms with van der Waals surface area (Å²) in [5.41, 5.74) is 3.38. The number of aromatic hydroxyl groups is 1. The zero-order valence-corrected chi connectivity index (χ0v) is 26.2. The number of carbonyl (C=O) groups is 1. The van der Waals surface area contributed by atoms with Gasteiger partial charge in [0, 0.05) is 38.3 Å². The van der Waals surface area contributed by atoms with Crippen molar-refractivity contribution in [2.24, 2.45) is 0 Å². The average Bonchev–Trinajstić information content (AvgIpc) is 3.61. The number of likely N-dealkylation sites (tertiary alicyclic amines) is 1. The Hall–Kier alpha value is -3.13. The van der Waals surface area contributed by atoms with Crippen LogP contribution < -0.4 is 10.2 Å². The molecule has 0 saturated carbocycles. The first-order valence-corrected chi connectivity index (χ1v) is 16.6. The van der Waals surface area contributed by atoms with Gasteiger partial charge in [-0.3, -0.25) is 14.5 Å². The number of morpholine rings is 1. The molecule has 0 aliphatic carbocycles. The molecule has 2 saturated heterocycles. The number of phenolic OH excluding ortho intramolecular Hbond substituents is 1. The van der Waals surface area contributed by atoms with Gasteiger partial charge in [0.25, 0.3) is 5.91 Å². The smallest absolute Gasteiger partial charge is 0.305 e. The van der Waals surface area contributed by atoms with E-state index in [1.54, 1.807) is 18.2 Å². The highest BCUT2D eigenvalue weighted by atomic mass is 32.1. The molecule has 9 nitrogen and oxygen atoms in total. The van der Waals surface area contributed by atoms with Gasteiger partial charge in [-0.1, -0.05) is 23.5 Å². The van der Waals surface area contributed by atoms with Gasteiger partial charge in [-0.05, 0) is 79.1 Å². The lowest BCUT2D eigenvalue weighted by molar-refractivity contribution is -0.127. The molecule has 12 heteroatoms. The molecule has 4 heterocycles. The van der Waals surface area contributed by atoms with E-state index in [9.17, 15) is 24.2 Å². The highest BCUT2D eigenvalue weighted by Gasteiger charge is 2.41. The van der Waals surface area contributed by atoms with Gasteiger partial charge in [-0.25, -0.2) is 4.39 Å². The minimum Gasteiger partial charge on any atom is -0.506 e. The molecule has 0 bridgehead atoms. The fourth-order valence-electron chi connectivity index (χ4n) is 6.27. The van der Waals surface area contributed by atoms with Crippen molar-refractivity contribution in [2.75, 3.05) is 45.9 Å². The minimum absolute atomic E-state index is 0.0291. The number of aromatic amines is 1. The molecule has 2 aromatic carbocycles. The zero-order valence-electron chi connectivity index (χ0n) is 24.6. The van der Waals surface area contributed by atoms with E-state index in [2.05, 4.69) is 15.2 Å². The summed E-state index contributed by atoms with van der Waals surface area (Å²) in [7, 11) is 0. The predicted molar refractivity (Wildman–Crippen MR) is 170 cm³/mol. The van der Waals surface area contributed by atoms with Crippen LogP contribution in [0.1, 0.15) is 50.9 Å². The maximum absolute atomic E-state index is 14.6. The number of hydrogen-bond donors (Lipinski definition) is 4. The van der Waals surface area contributed by atoms with E-state index in [0.717, 1.165) is 58.8 Å². The molecular formula is C32H37FN4O5S2. The predicted octanol–water partition coefficient (Wildman–Crippen LogP) is 4.18. The lowest BCUT2D eigenvalue weighted by Crippen LogP contribution is -2.57. The van der Waals surface area contributed by atoms with Crippen LogP contribution in [0.25, 0.3) is 10.2 Å². The molecule has 1 atom stereocenters. The molecule has 4 N–H and O–H groups in total. The molecule has 2 aliphatic rings. The Balaban J connectivity index is 0.995. The van der Waals surface area contributed by atoms with Crippen molar-refractivity contribution in [2.45, 2.75) is 44.4 Å². The number of carbonyl (C=O) groups excluding carboxylic acids is 1. The van der Waals surface area contributed by atoms with Crippen LogP contribution in [-0.2, 0) is 17.7 Å². The number of thiophene rings is 1. The van der Waals surface area contributed by atoms with Crippen molar-refractivity contribution >= 4 is 38.8 Å². The van der Waals surface area contributed by atoms with Crippen molar-refractivity contribution in [3.05, 3.63) is 84.4 Å². The normalized spacial score (nSPS) is 17.8. The maximum Gasteiger partial charge on any atom is 0.305 e. The van der Waals surface area contributed by atoms with Crippen molar-refractivity contribution in [1.29, 1.82) is 0 Å². The summed E-state index contributed by atoms with van der Waals surface area (Å²) in [6, 6.07) is 10.2. The van der Waals surface area contributed by atoms with Crippen LogP contribution in [0.2, 0.25) is 0 Å². The van der Waals surface area contributed by atoms with Crippen LogP contribution in [0.4, 0.5) is 4.39 Å². The van der Waals surface area contributed by atoms with E-state index in [-0.39, 0.29) is 34.5 Å². The number of thiazole rings is 1. The first-order valence-electron chi connectivity index (χ1n) is 14.9. The lowest BCUT2D eigenvalue weighted by atomic mass is 9.89. The van der Waals surface area contributed by atoms with Crippen molar-refractivity contribution in [3.63, 3.8) is 0 Å². The van der Waals surface area contributed by atoms with Crippen molar-refractivity contribution in [1.82, 2.24) is 20.1 Å². The Morgan fingerprint density at radius 3 is 2.75 bits per heavy atom. The number of amides is 1. The molecule has 1 unspecified atom stereocenters. The molecule has 2 aliphatic heterocycles. The van der Waals surface area contributed by atoms with Gasteiger partial charge in [0.05, 0.1) is 34.4 Å². The van der Waals surface area contributed by atoms with Gasteiger partial charge >= 0.3 is 4.87 Å². The molecule has 0 radical (unpaired) electrons. The van der Waals surface area contributed by atoms with E-state index in [0.29, 0.717) is 55.0 Å². The fourth-order valence-corrected chi connectivity index (χ4v) is 8.08. The van der Waals surface area contributed by atoms with Crippen LogP contribution in [0.5, 0.6) is 5.75 Å². The number of aliphatic hydroxyl groups excluding tert-OH is 1. The summed E-state index contributed by atoms with van der Waals surface area (Å²) in [6.45, 7) is 6.78. The topological polar surface area (TPSA) is 118 Å². The second-order valence-corrected chi connectivity index (χ2v) is 13.7. The molecular weight excluding hydrogens is 604 g/mol. The highest BCUT2D eigenvalue weighted by Crippen LogP contribution is 2.33. The number of benzene rings is 2. The second-order valence-electron chi connectivity index (χ2n) is 11.8. The van der Waals surface area contributed by atoms with Crippen molar-refractivity contribution < 1.29 is 24.1 Å². The molecule has 1 spiro atoms. The van der Waals surface area contributed by atoms with Crippen molar-refractivity contribution in [3.8, 4) is 5.75 Å². The third-order valence-corrected chi connectivity index (χ3v) is 10.6. The second kappa shape index (κ2) is 13.1. The van der Waals surface area contributed by atoms with Crippen LogP contribution in [-0.4, -0.2) is 82.4 Å². The fraction of sp³-hybridized carbons (Fsp3) is 0.438. The Morgan fingerprint density at radius 1 is 1.18 bits per heavy atom. The number of H-pyrrole nitrogens is 1. The van der Waals surface area contributed by atoms with Crippen LogP contribution >= 0.6 is 22.7 Å². The summed E-state index contributed by atoms with van der Waals surface area (Å²) < 4.78 is 21.4. The Bertz CT molecular complexity index is 1690. The van der Waals surface area contributed by atoms with E-state index < -0.39 is 6.10 Å². The summed E-state index contributed by atoms with van der Waals surface area (Å²) in [5.74, 6) is -0.206. The van der Waals surface area contributed by atoms with Crippen LogP contribution in [0, 0.1) is 12.7 Å². The number of aryl methyl sites for hydroxylation is 1. The van der Waals surface area contributed by atoms with Gasteiger partial charge in [0.1, 0.15) is 17.1 Å². The number of fused-ring (bicyclic) bond motifs is 1. The third kappa shape index (κ3) is 6.75. The number of piperidine rings is 1. The Labute approximate surface area is 262 Å². The number of hydrogen-bond acceptors (Lipinski definition) is 9. The number of aromatic nitrogens is 1. The number of rotatable bonds is 9. The lowest BCUT2D eigenvalue weighted by Gasteiger charge is -2.47. The largest absolute Gasteiger partial charge is 0.506 e. The standard InChI is InChI=1S/C32H37FN4O5S2/c1-20-5-13-43-28(20)30(40)37-11-12-42-32(19-37)6-9-36(10-7-32)18-22-14-21(15-23(33)16-22)4-8-34-17-26(39)24-2-3-25(38)27-29(24)44-31(41)35-27/h2-3,5,13-16,26,34,38-39H,4,6-12,17-19H2,1H3,(H,35,41). The zero-order chi connectivity index (χ0) is 30.8. The molecule has 44 heavy (non-hydrogen) atoms. The number of halogens is 1. The number of nitrogens with one attached hydrogen (secondary N) is 2. The molecule has 2 aromatic heterocycles. The summed E-state index contributed by atoms with van der Waals surface area (Å²) in [6.07, 6.45) is 1.36. The first kappa shape index (κ1) is 30.9. The third-order valence-electron chi connectivity index (χ3n) is 8.66. The number of phenols is 1. The van der Waals surface area contributed by atoms with E-state index in [1.807, 2.05) is 29.3 Å². The van der Waals surface area contributed by atoms with Gasteiger partial charge in [-0.2, -0.15) is 0 Å². The van der Waals surface area contributed by atoms with E-state index in [4.69, 9.17) is 4.74 Å². The van der Waals surface area contributed by atoms with Gasteiger partial charge < -0.3 is 30.2 Å². The van der Waals surface area contributed by atoms with Crippen LogP contribution in [0.15, 0.2) is 46.6 Å². The number of aliphatic hydroxyl groups is 1. The first-order chi connectivity index (χ1) is 21.2. The van der Waals surface area contributed by atoms with E-state index in [1.165, 1.54) is 17.4 Å². The highest BCUT2D eigenvalue weighted by molar-refractivity contribution is 7.16. The molecule has 4 aromatic rings. The van der Waals surface area contributed by atoms with Crippen LogP contribution in [0.3, 0.4) is 0 Å². The van der Waals surface area contributed by atoms with Gasteiger partial charge in [-0.15, -0.1) is 11.3 Å². The average molecular weight is 641 g/mol. The minimum atomic E-state index is -0.867. The molecule has 2 fully saturated rings. The molecule has 1 amide bonds. The van der Waals surface area contributed by atoms with Gasteiger partial charge in [0.2, 0.25) is 0 Å². The SMILES string of the molecule is Cc1ccsc1C(=O)N1CCOC2(CCN(Cc3cc(F)cc(CCNCC(O)c4ccc(O)c5[nH]c(=O)sc45)c3)CC2)C1. The monoisotopic (exact) mass is 640 g/mol. The summed E-state index contributed by atoms with van der Waals surface area (Å²) >= 11 is 2.45. The molecule has 234 valence electrons. The number of ether oxygens (including phenoxy) is 1. The van der Waals surface area contributed by atoms with E-state index >= 15 is 0 Å². The quantitative estimate of drug-likeness (QED) is 0.203. The summed E-state index contributed by atoms with van der Waals surface area (Å²) in [4.78, 5) is 32.3. The Kier molecular flexibility index (Phi) is 9.18. The Morgan fingerprint density at radius 2 is 1.98 bits per heavy atom. The number of nitrogens with zero attached hydrogens (tertiary/aromatic N) is 2. The summed E-state index contributed by atoms with van der Waals surface area (Å²) in [5, 5.41) is 25.9.